The zero-order chi connectivity index (χ0) is 15.4. The van der Waals surface area contributed by atoms with Gasteiger partial charge in [0.25, 0.3) is 0 Å². The molecule has 21 heavy (non-hydrogen) atoms. The van der Waals surface area contributed by atoms with Crippen molar-refractivity contribution in [3.05, 3.63) is 59.7 Å². The van der Waals surface area contributed by atoms with E-state index in [1.54, 1.807) is 26.0 Å². The molecule has 2 aromatic carbocycles. The fraction of sp³-hybridized carbons (Fsp3) is 0.235. The maximum absolute atomic E-state index is 14.2. The number of hydrogen-bond acceptors (Lipinski definition) is 2. The van der Waals surface area contributed by atoms with Crippen molar-refractivity contribution in [2.45, 2.75) is 19.8 Å². The molecule has 2 rings (SSSR count). The second kappa shape index (κ2) is 6.48. The Labute approximate surface area is 122 Å². The first-order valence-electron chi connectivity index (χ1n) is 6.75. The van der Waals surface area contributed by atoms with Gasteiger partial charge in [-0.05, 0) is 43.2 Å². The van der Waals surface area contributed by atoms with Gasteiger partial charge < -0.3 is 4.74 Å². The number of carbonyl (C=O) groups is 1. The van der Waals surface area contributed by atoms with Gasteiger partial charge >= 0.3 is 5.97 Å². The molecule has 0 spiro atoms. The maximum Gasteiger partial charge on any atom is 0.313 e. The Morgan fingerprint density at radius 2 is 1.81 bits per heavy atom. The van der Waals surface area contributed by atoms with Gasteiger partial charge in [0.05, 0.1) is 12.5 Å². The lowest BCUT2D eigenvalue weighted by atomic mass is 9.97. The van der Waals surface area contributed by atoms with Crippen molar-refractivity contribution >= 4 is 5.97 Å². The quantitative estimate of drug-likeness (QED) is 0.785. The van der Waals surface area contributed by atoms with Gasteiger partial charge in [-0.25, -0.2) is 8.78 Å². The van der Waals surface area contributed by atoms with E-state index in [2.05, 4.69) is 0 Å². The smallest absolute Gasteiger partial charge is 0.313 e. The SMILES string of the molecule is CCOC(=O)C(C)c1ccc(-c2ccc(F)cc2)c(F)c1. The molecule has 0 aliphatic carbocycles. The van der Waals surface area contributed by atoms with Crippen LogP contribution in [-0.2, 0) is 9.53 Å². The minimum Gasteiger partial charge on any atom is -0.466 e. The van der Waals surface area contributed by atoms with Crippen molar-refractivity contribution < 1.29 is 18.3 Å². The highest BCUT2D eigenvalue weighted by Crippen LogP contribution is 2.27. The number of rotatable bonds is 4. The molecule has 0 N–H and O–H groups in total. The molecule has 0 bridgehead atoms. The number of ether oxygens (including phenoxy) is 1. The molecule has 2 nitrogen and oxygen atoms in total. The molecule has 0 radical (unpaired) electrons. The molecule has 0 aliphatic heterocycles. The average molecular weight is 290 g/mol. The van der Waals surface area contributed by atoms with E-state index in [1.165, 1.54) is 30.3 Å². The molecule has 1 unspecified atom stereocenters. The van der Waals surface area contributed by atoms with Crippen molar-refractivity contribution in [1.29, 1.82) is 0 Å². The highest BCUT2D eigenvalue weighted by Gasteiger charge is 2.18. The average Bonchev–Trinajstić information content (AvgIpc) is 2.48. The van der Waals surface area contributed by atoms with Crippen molar-refractivity contribution in [2.24, 2.45) is 0 Å². The summed E-state index contributed by atoms with van der Waals surface area (Å²) in [7, 11) is 0. The third-order valence-corrected chi connectivity index (χ3v) is 3.29. The predicted molar refractivity (Wildman–Crippen MR) is 76.8 cm³/mol. The van der Waals surface area contributed by atoms with Crippen molar-refractivity contribution in [2.75, 3.05) is 6.61 Å². The minimum absolute atomic E-state index is 0.291. The van der Waals surface area contributed by atoms with Crippen LogP contribution in [-0.4, -0.2) is 12.6 Å². The Balaban J connectivity index is 2.29. The minimum atomic E-state index is -0.526. The Morgan fingerprint density at radius 3 is 2.38 bits per heavy atom. The number of halogens is 2. The van der Waals surface area contributed by atoms with Crippen molar-refractivity contribution in [3.8, 4) is 11.1 Å². The molecule has 110 valence electrons. The summed E-state index contributed by atoms with van der Waals surface area (Å²) in [5.41, 5.74) is 1.51. The van der Waals surface area contributed by atoms with Crippen LogP contribution in [0.15, 0.2) is 42.5 Å². The van der Waals surface area contributed by atoms with Gasteiger partial charge in [0.2, 0.25) is 0 Å². The number of esters is 1. The van der Waals surface area contributed by atoms with Gasteiger partial charge in [-0.15, -0.1) is 0 Å². The Bertz CT molecular complexity index is 636. The summed E-state index contributed by atoms with van der Waals surface area (Å²) < 4.78 is 32.0. The third-order valence-electron chi connectivity index (χ3n) is 3.29. The first-order valence-corrected chi connectivity index (χ1v) is 6.75. The van der Waals surface area contributed by atoms with Gasteiger partial charge in [0.1, 0.15) is 11.6 Å². The normalized spacial score (nSPS) is 12.0. The highest BCUT2D eigenvalue weighted by atomic mass is 19.1. The Morgan fingerprint density at radius 1 is 1.14 bits per heavy atom. The van der Waals surface area contributed by atoms with Gasteiger partial charge in [0.15, 0.2) is 0 Å². The van der Waals surface area contributed by atoms with Crippen molar-refractivity contribution in [3.63, 3.8) is 0 Å². The molecule has 0 saturated heterocycles. The number of benzene rings is 2. The number of carbonyl (C=O) groups excluding carboxylic acids is 1. The second-order valence-electron chi connectivity index (χ2n) is 4.72. The predicted octanol–water partition coefficient (Wildman–Crippen LogP) is 4.30. The first-order chi connectivity index (χ1) is 10.0. The van der Waals surface area contributed by atoms with Crippen LogP contribution in [0.5, 0.6) is 0 Å². The van der Waals surface area contributed by atoms with E-state index in [0.29, 0.717) is 23.3 Å². The zero-order valence-electron chi connectivity index (χ0n) is 11.9. The van der Waals surface area contributed by atoms with Crippen LogP contribution in [0.25, 0.3) is 11.1 Å². The summed E-state index contributed by atoms with van der Waals surface area (Å²) in [5, 5.41) is 0. The van der Waals surface area contributed by atoms with Crippen LogP contribution in [0, 0.1) is 11.6 Å². The largest absolute Gasteiger partial charge is 0.466 e. The van der Waals surface area contributed by atoms with Crippen LogP contribution < -0.4 is 0 Å². The summed E-state index contributed by atoms with van der Waals surface area (Å²) in [5.74, 6) is -1.73. The highest BCUT2D eigenvalue weighted by molar-refractivity contribution is 5.78. The first kappa shape index (κ1) is 15.2. The van der Waals surface area contributed by atoms with E-state index < -0.39 is 11.7 Å². The summed E-state index contributed by atoms with van der Waals surface area (Å²) in [6, 6.07) is 10.2. The van der Waals surface area contributed by atoms with E-state index in [1.807, 2.05) is 0 Å². The van der Waals surface area contributed by atoms with E-state index in [-0.39, 0.29) is 11.8 Å². The Kier molecular flexibility index (Phi) is 4.68. The molecule has 0 saturated carbocycles. The topological polar surface area (TPSA) is 26.3 Å². The molecule has 0 aliphatic rings. The fourth-order valence-corrected chi connectivity index (χ4v) is 2.07. The van der Waals surface area contributed by atoms with Gasteiger partial charge in [-0.2, -0.15) is 0 Å². The third kappa shape index (κ3) is 3.45. The standard InChI is InChI=1S/C17H16F2O2/c1-3-21-17(20)11(2)13-6-9-15(16(19)10-13)12-4-7-14(18)8-5-12/h4-11H,3H2,1-2H3. The second-order valence-corrected chi connectivity index (χ2v) is 4.72. The lowest BCUT2D eigenvalue weighted by molar-refractivity contribution is -0.144. The van der Waals surface area contributed by atoms with Crippen LogP contribution in [0.1, 0.15) is 25.3 Å². The molecule has 1 atom stereocenters. The maximum atomic E-state index is 14.2. The molecule has 2 aromatic rings. The molecule has 0 heterocycles. The van der Waals surface area contributed by atoms with Crippen LogP contribution in [0.3, 0.4) is 0 Å². The Hall–Kier alpha value is -2.23. The summed E-state index contributed by atoms with van der Waals surface area (Å²) in [4.78, 5) is 11.7. The lowest BCUT2D eigenvalue weighted by Gasteiger charge is -2.12. The number of hydrogen-bond donors (Lipinski definition) is 0. The summed E-state index contributed by atoms with van der Waals surface area (Å²) in [6.07, 6.45) is 0. The molecule has 0 amide bonds. The molecule has 0 fully saturated rings. The molecule has 0 aromatic heterocycles. The summed E-state index contributed by atoms with van der Waals surface area (Å²) >= 11 is 0. The van der Waals surface area contributed by atoms with Crippen LogP contribution >= 0.6 is 0 Å². The zero-order valence-corrected chi connectivity index (χ0v) is 11.9. The van der Waals surface area contributed by atoms with Crippen LogP contribution in [0.4, 0.5) is 8.78 Å². The van der Waals surface area contributed by atoms with Gasteiger partial charge in [-0.1, -0.05) is 24.3 Å². The van der Waals surface area contributed by atoms with Gasteiger partial charge in [-0.3, -0.25) is 4.79 Å². The monoisotopic (exact) mass is 290 g/mol. The molecular formula is C17H16F2O2. The van der Waals surface area contributed by atoms with E-state index in [0.717, 1.165) is 0 Å². The van der Waals surface area contributed by atoms with E-state index in [9.17, 15) is 13.6 Å². The van der Waals surface area contributed by atoms with E-state index >= 15 is 0 Å². The van der Waals surface area contributed by atoms with E-state index in [4.69, 9.17) is 4.74 Å². The van der Waals surface area contributed by atoms with Gasteiger partial charge in [0, 0.05) is 5.56 Å². The molecular weight excluding hydrogens is 274 g/mol. The van der Waals surface area contributed by atoms with Crippen molar-refractivity contribution in [1.82, 2.24) is 0 Å². The van der Waals surface area contributed by atoms with Crippen LogP contribution in [0.2, 0.25) is 0 Å². The summed E-state index contributed by atoms with van der Waals surface area (Å²) in [6.45, 7) is 3.69. The fourth-order valence-electron chi connectivity index (χ4n) is 2.07. The molecule has 4 heteroatoms. The lowest BCUT2D eigenvalue weighted by Crippen LogP contribution is -2.13.